The predicted molar refractivity (Wildman–Crippen MR) is 99.3 cm³/mol. The SMILES string of the molecule is O=C(NN=Cc1ccc(OC(=O)c2ccco2)cc1)c1cccc(Br)c1. The fourth-order valence-electron chi connectivity index (χ4n) is 2.03. The molecule has 26 heavy (non-hydrogen) atoms. The van der Waals surface area contributed by atoms with Crippen LogP contribution in [0.2, 0.25) is 0 Å². The third-order valence-corrected chi connectivity index (χ3v) is 3.77. The van der Waals surface area contributed by atoms with Gasteiger partial charge in [0.2, 0.25) is 5.76 Å². The molecule has 0 fully saturated rings. The monoisotopic (exact) mass is 412 g/mol. The van der Waals surface area contributed by atoms with E-state index in [1.165, 1.54) is 18.5 Å². The smallest absolute Gasteiger partial charge is 0.379 e. The van der Waals surface area contributed by atoms with Crippen LogP contribution in [0.3, 0.4) is 0 Å². The Bertz CT molecular complexity index is 934. The number of esters is 1. The first-order chi connectivity index (χ1) is 12.6. The standard InChI is InChI=1S/C19H13BrN2O4/c20-15-4-1-3-14(11-15)18(23)22-21-12-13-6-8-16(9-7-13)26-19(24)17-5-2-10-25-17/h1-12H,(H,22,23). The molecule has 3 aromatic rings. The van der Waals surface area contributed by atoms with Gasteiger partial charge in [0, 0.05) is 10.0 Å². The topological polar surface area (TPSA) is 80.9 Å². The number of carbonyl (C=O) groups excluding carboxylic acids is 2. The van der Waals surface area contributed by atoms with Crippen LogP contribution < -0.4 is 10.2 Å². The van der Waals surface area contributed by atoms with Crippen molar-refractivity contribution in [2.75, 3.05) is 0 Å². The molecule has 0 bridgehead atoms. The van der Waals surface area contributed by atoms with Gasteiger partial charge in [-0.2, -0.15) is 5.10 Å². The Kier molecular flexibility index (Phi) is 5.60. The van der Waals surface area contributed by atoms with Crippen molar-refractivity contribution >= 4 is 34.0 Å². The highest BCUT2D eigenvalue weighted by atomic mass is 79.9. The van der Waals surface area contributed by atoms with Gasteiger partial charge in [-0.3, -0.25) is 4.79 Å². The second-order valence-electron chi connectivity index (χ2n) is 5.15. The second kappa shape index (κ2) is 8.26. The number of hydrazone groups is 1. The number of nitrogens with zero attached hydrogens (tertiary/aromatic N) is 1. The van der Waals surface area contributed by atoms with Gasteiger partial charge in [-0.25, -0.2) is 10.2 Å². The van der Waals surface area contributed by atoms with Crippen LogP contribution in [0, 0.1) is 0 Å². The number of carbonyl (C=O) groups is 2. The lowest BCUT2D eigenvalue weighted by atomic mass is 10.2. The van der Waals surface area contributed by atoms with Crippen LogP contribution >= 0.6 is 15.9 Å². The zero-order valence-corrected chi connectivity index (χ0v) is 15.0. The van der Waals surface area contributed by atoms with Gasteiger partial charge in [0.05, 0.1) is 12.5 Å². The molecule has 0 spiro atoms. The highest BCUT2D eigenvalue weighted by molar-refractivity contribution is 9.10. The summed E-state index contributed by atoms with van der Waals surface area (Å²) in [6, 6.07) is 16.8. The Morgan fingerprint density at radius 2 is 1.88 bits per heavy atom. The molecule has 130 valence electrons. The van der Waals surface area contributed by atoms with Crippen LogP contribution in [-0.2, 0) is 0 Å². The number of benzene rings is 2. The van der Waals surface area contributed by atoms with E-state index in [0.29, 0.717) is 11.3 Å². The molecule has 1 N–H and O–H groups in total. The number of ether oxygens (including phenoxy) is 1. The van der Waals surface area contributed by atoms with Gasteiger partial charge in [-0.15, -0.1) is 0 Å². The molecule has 1 heterocycles. The van der Waals surface area contributed by atoms with Crippen LogP contribution in [0.25, 0.3) is 0 Å². The zero-order chi connectivity index (χ0) is 18.4. The summed E-state index contributed by atoms with van der Waals surface area (Å²) in [6.45, 7) is 0. The van der Waals surface area contributed by atoms with Crippen molar-refractivity contribution in [2.45, 2.75) is 0 Å². The Morgan fingerprint density at radius 3 is 2.58 bits per heavy atom. The fraction of sp³-hybridized carbons (Fsp3) is 0. The number of hydrogen-bond donors (Lipinski definition) is 1. The van der Waals surface area contributed by atoms with E-state index in [9.17, 15) is 9.59 Å². The van der Waals surface area contributed by atoms with E-state index in [1.807, 2.05) is 6.07 Å². The molecule has 0 atom stereocenters. The van der Waals surface area contributed by atoms with E-state index in [4.69, 9.17) is 9.15 Å². The van der Waals surface area contributed by atoms with Gasteiger partial charge < -0.3 is 9.15 Å². The maximum atomic E-state index is 12.0. The van der Waals surface area contributed by atoms with Crippen LogP contribution in [0.1, 0.15) is 26.5 Å². The summed E-state index contributed by atoms with van der Waals surface area (Å²) in [4.78, 5) is 23.7. The molecule has 0 aliphatic carbocycles. The Hall–Kier alpha value is -3.19. The van der Waals surface area contributed by atoms with E-state index >= 15 is 0 Å². The van der Waals surface area contributed by atoms with Crippen molar-refractivity contribution in [2.24, 2.45) is 5.10 Å². The van der Waals surface area contributed by atoms with E-state index < -0.39 is 5.97 Å². The minimum absolute atomic E-state index is 0.130. The van der Waals surface area contributed by atoms with Crippen LogP contribution in [0.5, 0.6) is 5.75 Å². The van der Waals surface area contributed by atoms with E-state index in [-0.39, 0.29) is 11.7 Å². The lowest BCUT2D eigenvalue weighted by molar-refractivity contribution is 0.0701. The Morgan fingerprint density at radius 1 is 1.08 bits per heavy atom. The van der Waals surface area contributed by atoms with Crippen molar-refractivity contribution in [1.29, 1.82) is 0 Å². The van der Waals surface area contributed by atoms with Gasteiger partial charge in [0.25, 0.3) is 5.91 Å². The van der Waals surface area contributed by atoms with Gasteiger partial charge in [0.15, 0.2) is 0 Å². The van der Waals surface area contributed by atoms with Crippen LogP contribution in [-0.4, -0.2) is 18.1 Å². The first-order valence-corrected chi connectivity index (χ1v) is 8.36. The summed E-state index contributed by atoms with van der Waals surface area (Å²) in [5.41, 5.74) is 3.68. The summed E-state index contributed by atoms with van der Waals surface area (Å²) in [5.74, 6) is -0.378. The van der Waals surface area contributed by atoms with Crippen LogP contribution in [0.4, 0.5) is 0 Å². The molecule has 0 aliphatic heterocycles. The molecule has 3 rings (SSSR count). The summed E-state index contributed by atoms with van der Waals surface area (Å²) in [7, 11) is 0. The molecular weight excluding hydrogens is 400 g/mol. The number of halogens is 1. The maximum Gasteiger partial charge on any atom is 0.379 e. The third kappa shape index (κ3) is 4.67. The molecule has 0 saturated carbocycles. The van der Waals surface area contributed by atoms with Gasteiger partial charge in [0.1, 0.15) is 5.75 Å². The number of furan rings is 1. The summed E-state index contributed by atoms with van der Waals surface area (Å²) in [6.07, 6.45) is 2.90. The van der Waals surface area contributed by atoms with Crippen molar-refractivity contribution < 1.29 is 18.7 Å². The molecule has 2 aromatic carbocycles. The maximum absolute atomic E-state index is 12.0. The highest BCUT2D eigenvalue weighted by Gasteiger charge is 2.10. The molecule has 6 nitrogen and oxygen atoms in total. The van der Waals surface area contributed by atoms with E-state index in [2.05, 4.69) is 26.5 Å². The number of nitrogens with one attached hydrogen (secondary N) is 1. The molecule has 0 aliphatic rings. The molecular formula is C19H13BrN2O4. The van der Waals surface area contributed by atoms with E-state index in [0.717, 1.165) is 10.0 Å². The first-order valence-electron chi connectivity index (χ1n) is 7.56. The fourth-order valence-corrected chi connectivity index (χ4v) is 2.43. The zero-order valence-electron chi connectivity index (χ0n) is 13.4. The van der Waals surface area contributed by atoms with Crippen LogP contribution in [0.15, 0.2) is 80.9 Å². The van der Waals surface area contributed by atoms with Gasteiger partial charge in [-0.1, -0.05) is 22.0 Å². The highest BCUT2D eigenvalue weighted by Crippen LogP contribution is 2.14. The predicted octanol–water partition coefficient (Wildman–Crippen LogP) is 4.03. The Balaban J connectivity index is 1.56. The average molecular weight is 413 g/mol. The second-order valence-corrected chi connectivity index (χ2v) is 6.06. The summed E-state index contributed by atoms with van der Waals surface area (Å²) in [5, 5.41) is 3.92. The van der Waals surface area contributed by atoms with Crippen molar-refractivity contribution in [3.8, 4) is 5.75 Å². The quantitative estimate of drug-likeness (QED) is 0.297. The molecule has 7 heteroatoms. The van der Waals surface area contributed by atoms with Gasteiger partial charge >= 0.3 is 5.97 Å². The van der Waals surface area contributed by atoms with Gasteiger partial charge in [-0.05, 0) is 60.2 Å². The molecule has 0 radical (unpaired) electrons. The summed E-state index contributed by atoms with van der Waals surface area (Å²) >= 11 is 3.31. The number of amides is 1. The van der Waals surface area contributed by atoms with Crippen molar-refractivity contribution in [3.63, 3.8) is 0 Å². The Labute approximate surface area is 157 Å². The van der Waals surface area contributed by atoms with Crippen molar-refractivity contribution in [3.05, 3.63) is 88.3 Å². The normalized spacial score (nSPS) is 10.7. The minimum Gasteiger partial charge on any atom is -0.457 e. The minimum atomic E-state index is -0.572. The molecule has 1 aromatic heterocycles. The third-order valence-electron chi connectivity index (χ3n) is 3.28. The first kappa shape index (κ1) is 17.6. The largest absolute Gasteiger partial charge is 0.457 e. The number of rotatable bonds is 5. The number of hydrogen-bond acceptors (Lipinski definition) is 5. The molecule has 0 saturated heterocycles. The lowest BCUT2D eigenvalue weighted by Gasteiger charge is -2.02. The average Bonchev–Trinajstić information content (AvgIpc) is 3.18. The van der Waals surface area contributed by atoms with Crippen molar-refractivity contribution in [1.82, 2.24) is 5.43 Å². The molecule has 0 unspecified atom stereocenters. The van der Waals surface area contributed by atoms with E-state index in [1.54, 1.807) is 48.5 Å². The lowest BCUT2D eigenvalue weighted by Crippen LogP contribution is -2.17. The molecule has 1 amide bonds. The summed E-state index contributed by atoms with van der Waals surface area (Å²) < 4.78 is 11.0.